The van der Waals surface area contributed by atoms with Crippen LogP contribution in [-0.2, 0) is 33.3 Å². The zero-order valence-electron chi connectivity index (χ0n) is 26.5. The van der Waals surface area contributed by atoms with Gasteiger partial charge < -0.3 is 0 Å². The molecule has 0 aliphatic heterocycles. The van der Waals surface area contributed by atoms with Gasteiger partial charge in [0.2, 0.25) is 0 Å². The molecule has 0 bridgehead atoms. The van der Waals surface area contributed by atoms with Gasteiger partial charge in [-0.15, -0.1) is 0 Å². The predicted octanol–water partition coefficient (Wildman–Crippen LogP) is 7.20. The molecule has 9 heteroatoms. The Kier molecular flexibility index (Phi) is 35.5. The normalized spacial score (nSPS) is 12.0. The molecule has 41 heavy (non-hydrogen) atoms. The van der Waals surface area contributed by atoms with Crippen molar-refractivity contribution in [3.63, 3.8) is 0 Å². The Morgan fingerprint density at radius 3 is 0.610 bits per heavy atom. The summed E-state index contributed by atoms with van der Waals surface area (Å²) >= 11 is -4.17. The summed E-state index contributed by atoms with van der Waals surface area (Å²) in [6, 6.07) is 0. The van der Waals surface area contributed by atoms with Crippen molar-refractivity contribution in [3.05, 3.63) is 0 Å². The monoisotopic (exact) mass is 670 g/mol. The first-order valence-electron chi connectivity index (χ1n) is 17.2. The molecule has 0 aromatic heterocycles. The van der Waals surface area contributed by atoms with Gasteiger partial charge in [0, 0.05) is 0 Å². The van der Waals surface area contributed by atoms with Gasteiger partial charge in [-0.3, -0.25) is 0 Å². The van der Waals surface area contributed by atoms with Gasteiger partial charge in [-0.25, -0.2) is 0 Å². The summed E-state index contributed by atoms with van der Waals surface area (Å²) in [5.41, 5.74) is 0. The van der Waals surface area contributed by atoms with Crippen molar-refractivity contribution >= 4 is 0 Å². The van der Waals surface area contributed by atoms with Gasteiger partial charge in [-0.1, -0.05) is 0 Å². The molecule has 0 aliphatic rings. The zero-order valence-corrected chi connectivity index (χ0v) is 29.0. The van der Waals surface area contributed by atoms with Crippen LogP contribution in [0.5, 0.6) is 0 Å². The average molecular weight is 672 g/mol. The van der Waals surface area contributed by atoms with E-state index < -0.39 is 22.0 Å². The maximum atomic E-state index is 8.97. The van der Waals surface area contributed by atoms with Gasteiger partial charge in [0.05, 0.1) is 0 Å². The molecule has 8 nitrogen and oxygen atoms in total. The van der Waals surface area contributed by atoms with Gasteiger partial charge in [0.1, 0.15) is 0 Å². The van der Waals surface area contributed by atoms with E-state index in [9.17, 15) is 0 Å². The van der Waals surface area contributed by atoms with Crippen molar-refractivity contribution in [1.82, 2.24) is 0 Å². The van der Waals surface area contributed by atoms with E-state index in [4.69, 9.17) is 31.7 Å². The molecule has 0 aromatic rings. The number of rotatable bonds is 36. The van der Waals surface area contributed by atoms with Gasteiger partial charge in [0.15, 0.2) is 0 Å². The Hall–Kier alpha value is 0.563. The Morgan fingerprint density at radius 1 is 0.244 bits per heavy atom. The van der Waals surface area contributed by atoms with Crippen molar-refractivity contribution in [2.75, 3.05) is 52.9 Å². The van der Waals surface area contributed by atoms with E-state index >= 15 is 0 Å². The fourth-order valence-corrected chi connectivity index (χ4v) is 9.83. The predicted molar refractivity (Wildman–Crippen MR) is 163 cm³/mol. The molecule has 0 fully saturated rings. The summed E-state index contributed by atoms with van der Waals surface area (Å²) in [6.45, 7) is 3.55. The number of hydrogen-bond donors (Lipinski definition) is 4. The Balaban J connectivity index is 4.82. The summed E-state index contributed by atoms with van der Waals surface area (Å²) in [7, 11) is 0. The van der Waals surface area contributed by atoms with Crippen molar-refractivity contribution in [1.29, 1.82) is 0 Å². The van der Waals surface area contributed by atoms with Gasteiger partial charge in [-0.05, 0) is 0 Å². The van der Waals surface area contributed by atoms with Crippen LogP contribution in [0, 0.1) is 0 Å². The molecule has 0 radical (unpaired) electrons. The van der Waals surface area contributed by atoms with E-state index in [-0.39, 0.29) is 26.4 Å². The quantitative estimate of drug-likeness (QED) is 0.0517. The first-order chi connectivity index (χ1) is 20.2. The van der Waals surface area contributed by atoms with Crippen LogP contribution >= 0.6 is 0 Å². The van der Waals surface area contributed by atoms with E-state index in [0.29, 0.717) is 26.4 Å². The van der Waals surface area contributed by atoms with Crippen LogP contribution in [0.3, 0.4) is 0 Å². The standard InChI is InChI=1S/4C8H17O2.Zr/c4*9-7-5-3-1-2-4-6-8-10;/h4*9H,1-8H2;/q4*-1;+4. The minimum atomic E-state index is -4.17. The topological polar surface area (TPSA) is 118 Å². The molecule has 0 heterocycles. The number of hydrogen-bond acceptors (Lipinski definition) is 8. The summed E-state index contributed by atoms with van der Waals surface area (Å²) in [4.78, 5) is 0. The molecule has 0 aromatic carbocycles. The third-order valence-corrected chi connectivity index (χ3v) is 12.8. The van der Waals surface area contributed by atoms with E-state index in [1.807, 2.05) is 0 Å². The van der Waals surface area contributed by atoms with E-state index in [1.165, 1.54) is 0 Å². The third-order valence-electron chi connectivity index (χ3n) is 7.33. The first kappa shape index (κ1) is 41.6. The molecule has 0 spiro atoms. The summed E-state index contributed by atoms with van der Waals surface area (Å²) in [5, 5.41) is 35.9. The minimum absolute atomic E-state index is 0.278. The molecule has 0 atom stereocenters. The first-order valence-corrected chi connectivity index (χ1v) is 21.3. The second-order valence-corrected chi connectivity index (χ2v) is 16.6. The SMILES string of the molecule is OCCCCCCCC[O][Zr]([O]CCCCCCCCO)([O]CCCCCCCCO)[O]CCCCCCCCO. The van der Waals surface area contributed by atoms with E-state index in [0.717, 1.165) is 154 Å². The fraction of sp³-hybridized carbons (Fsp3) is 1.00. The number of aliphatic hydroxyl groups excluding tert-OH is 4. The van der Waals surface area contributed by atoms with E-state index in [2.05, 4.69) is 0 Å². The Morgan fingerprint density at radius 2 is 0.415 bits per heavy atom. The molecule has 0 amide bonds. The van der Waals surface area contributed by atoms with Crippen LogP contribution in [0.4, 0.5) is 0 Å². The number of unbranched alkanes of at least 4 members (excludes halogenated alkanes) is 20. The fourth-order valence-electron chi connectivity index (χ4n) is 4.72. The molecule has 0 rings (SSSR count). The summed E-state index contributed by atoms with van der Waals surface area (Å²) in [6.07, 6.45) is 25.3. The summed E-state index contributed by atoms with van der Waals surface area (Å²) < 4.78 is 25.8. The Bertz CT molecular complexity index is 401. The molecule has 4 N–H and O–H groups in total. The van der Waals surface area contributed by atoms with Crippen LogP contribution in [0.1, 0.15) is 154 Å². The molecular formula is C32H68O8Zr. The van der Waals surface area contributed by atoms with Crippen molar-refractivity contribution < 1.29 is 53.7 Å². The van der Waals surface area contributed by atoms with Crippen LogP contribution in [0.15, 0.2) is 0 Å². The zero-order chi connectivity index (χ0) is 30.0. The Labute approximate surface area is 259 Å². The van der Waals surface area contributed by atoms with Crippen LogP contribution in [-0.4, -0.2) is 73.3 Å². The molecule has 0 saturated heterocycles. The third kappa shape index (κ3) is 30.4. The maximum absolute atomic E-state index is 8.97. The second kappa shape index (κ2) is 35.0. The second-order valence-electron chi connectivity index (χ2n) is 11.3. The molecular weight excluding hydrogens is 604 g/mol. The van der Waals surface area contributed by atoms with Gasteiger partial charge >= 0.3 is 261 Å². The molecule has 0 aliphatic carbocycles. The molecule has 0 unspecified atom stereocenters. The van der Waals surface area contributed by atoms with Crippen molar-refractivity contribution in [3.8, 4) is 0 Å². The molecule has 0 saturated carbocycles. The van der Waals surface area contributed by atoms with Crippen LogP contribution < -0.4 is 0 Å². The van der Waals surface area contributed by atoms with Crippen LogP contribution in [0.25, 0.3) is 0 Å². The van der Waals surface area contributed by atoms with Crippen molar-refractivity contribution in [2.45, 2.75) is 154 Å². The van der Waals surface area contributed by atoms with Crippen molar-refractivity contribution in [2.24, 2.45) is 0 Å². The van der Waals surface area contributed by atoms with Gasteiger partial charge in [-0.2, -0.15) is 0 Å². The molecule has 248 valence electrons. The number of aliphatic hydroxyl groups is 4. The average Bonchev–Trinajstić information content (AvgIpc) is 2.98. The summed E-state index contributed by atoms with van der Waals surface area (Å²) in [5.74, 6) is 0. The van der Waals surface area contributed by atoms with Gasteiger partial charge in [0.25, 0.3) is 0 Å². The van der Waals surface area contributed by atoms with Crippen LogP contribution in [0.2, 0.25) is 0 Å². The van der Waals surface area contributed by atoms with E-state index in [1.54, 1.807) is 0 Å².